The fourth-order valence-electron chi connectivity index (χ4n) is 2.72. The summed E-state index contributed by atoms with van der Waals surface area (Å²) in [4.78, 5) is 13.7. The Balaban J connectivity index is 1.96. The maximum atomic E-state index is 11.3. The van der Waals surface area contributed by atoms with E-state index >= 15 is 0 Å². The van der Waals surface area contributed by atoms with Gasteiger partial charge in [0.1, 0.15) is 5.76 Å². The largest absolute Gasteiger partial charge is 0.463 e. The summed E-state index contributed by atoms with van der Waals surface area (Å²) >= 11 is 1.95. The van der Waals surface area contributed by atoms with Gasteiger partial charge in [-0.25, -0.2) is 4.79 Å². The van der Waals surface area contributed by atoms with Gasteiger partial charge in [-0.2, -0.15) is 11.8 Å². The van der Waals surface area contributed by atoms with E-state index in [-0.39, 0.29) is 5.76 Å². The van der Waals surface area contributed by atoms with Crippen LogP contribution in [-0.4, -0.2) is 42.6 Å². The fourth-order valence-corrected chi connectivity index (χ4v) is 3.78. The van der Waals surface area contributed by atoms with Gasteiger partial charge in [-0.1, -0.05) is 6.42 Å². The number of rotatable bonds is 5. The SMILES string of the molecule is COC(=O)c1ccc(CN(C)[C@@H]2CCC[C@H]2SC)o1. The summed E-state index contributed by atoms with van der Waals surface area (Å²) in [7, 11) is 3.48. The highest BCUT2D eigenvalue weighted by atomic mass is 32.2. The molecule has 0 radical (unpaired) electrons. The second-order valence-corrected chi connectivity index (χ2v) is 6.02. The van der Waals surface area contributed by atoms with E-state index in [0.717, 1.165) is 12.3 Å². The van der Waals surface area contributed by atoms with Crippen LogP contribution in [0.2, 0.25) is 0 Å². The average Bonchev–Trinajstić information content (AvgIpc) is 3.05. The molecule has 0 unspecified atom stereocenters. The zero-order valence-corrected chi connectivity index (χ0v) is 12.5. The Hall–Kier alpha value is -0.940. The van der Waals surface area contributed by atoms with Gasteiger partial charge in [-0.3, -0.25) is 4.90 Å². The van der Waals surface area contributed by atoms with E-state index in [4.69, 9.17) is 4.42 Å². The molecule has 1 aliphatic rings. The van der Waals surface area contributed by atoms with Crippen LogP contribution in [0.15, 0.2) is 16.5 Å². The molecule has 19 heavy (non-hydrogen) atoms. The van der Waals surface area contributed by atoms with Crippen molar-refractivity contribution in [2.24, 2.45) is 0 Å². The highest BCUT2D eigenvalue weighted by Crippen LogP contribution is 2.32. The quantitative estimate of drug-likeness (QED) is 0.777. The number of hydrogen-bond acceptors (Lipinski definition) is 5. The molecule has 0 aromatic carbocycles. The van der Waals surface area contributed by atoms with Crippen LogP contribution in [0.4, 0.5) is 0 Å². The van der Waals surface area contributed by atoms with Gasteiger partial charge in [0.25, 0.3) is 0 Å². The number of thioether (sulfide) groups is 1. The molecule has 4 nitrogen and oxygen atoms in total. The Morgan fingerprint density at radius 1 is 1.53 bits per heavy atom. The molecule has 106 valence electrons. The Morgan fingerprint density at radius 3 is 3.00 bits per heavy atom. The van der Waals surface area contributed by atoms with Crippen molar-refractivity contribution in [3.8, 4) is 0 Å². The molecule has 2 atom stereocenters. The zero-order chi connectivity index (χ0) is 13.8. The molecular formula is C14H21NO3S. The van der Waals surface area contributed by atoms with Crippen molar-refractivity contribution < 1.29 is 13.9 Å². The van der Waals surface area contributed by atoms with Crippen LogP contribution >= 0.6 is 11.8 Å². The molecule has 1 aliphatic carbocycles. The van der Waals surface area contributed by atoms with Gasteiger partial charge in [0.2, 0.25) is 5.76 Å². The minimum Gasteiger partial charge on any atom is -0.463 e. The lowest BCUT2D eigenvalue weighted by Crippen LogP contribution is -2.35. The lowest BCUT2D eigenvalue weighted by atomic mass is 10.2. The number of ether oxygens (including phenoxy) is 1. The maximum Gasteiger partial charge on any atom is 0.373 e. The molecule has 1 aromatic heterocycles. The van der Waals surface area contributed by atoms with E-state index in [1.165, 1.54) is 26.4 Å². The van der Waals surface area contributed by atoms with E-state index in [1.807, 2.05) is 17.8 Å². The third kappa shape index (κ3) is 3.34. The van der Waals surface area contributed by atoms with Crippen LogP contribution < -0.4 is 0 Å². The number of esters is 1. The standard InChI is InChI=1S/C14H21NO3S/c1-15(11-5-4-6-13(11)19-3)9-10-7-8-12(18-10)14(16)17-2/h7-8,11,13H,4-6,9H2,1-3H3/t11-,13-/m1/s1. The summed E-state index contributed by atoms with van der Waals surface area (Å²) in [5, 5.41) is 0.708. The lowest BCUT2D eigenvalue weighted by Gasteiger charge is -2.27. The number of carbonyl (C=O) groups excluding carboxylic acids is 1. The van der Waals surface area contributed by atoms with Gasteiger partial charge < -0.3 is 9.15 Å². The van der Waals surface area contributed by atoms with Crippen LogP contribution in [0, 0.1) is 0 Å². The van der Waals surface area contributed by atoms with Gasteiger partial charge in [-0.15, -0.1) is 0 Å². The van der Waals surface area contributed by atoms with Crippen LogP contribution in [0.1, 0.15) is 35.6 Å². The van der Waals surface area contributed by atoms with Gasteiger partial charge in [0, 0.05) is 11.3 Å². The third-order valence-corrected chi connectivity index (χ3v) is 4.90. The van der Waals surface area contributed by atoms with Crippen molar-refractivity contribution in [2.75, 3.05) is 20.4 Å². The minimum absolute atomic E-state index is 0.277. The Morgan fingerprint density at radius 2 is 2.32 bits per heavy atom. The number of hydrogen-bond donors (Lipinski definition) is 0. The lowest BCUT2D eigenvalue weighted by molar-refractivity contribution is 0.0561. The number of nitrogens with zero attached hydrogens (tertiary/aromatic N) is 1. The summed E-state index contributed by atoms with van der Waals surface area (Å²) in [5.41, 5.74) is 0. The second-order valence-electron chi connectivity index (χ2n) is 4.95. The summed E-state index contributed by atoms with van der Waals surface area (Å²) in [6.45, 7) is 0.735. The average molecular weight is 283 g/mol. The second kappa shape index (κ2) is 6.48. The molecule has 1 aromatic rings. The van der Waals surface area contributed by atoms with E-state index in [0.29, 0.717) is 11.3 Å². The van der Waals surface area contributed by atoms with Crippen LogP contribution in [-0.2, 0) is 11.3 Å². The van der Waals surface area contributed by atoms with Gasteiger partial charge in [-0.05, 0) is 38.3 Å². The van der Waals surface area contributed by atoms with Crippen LogP contribution in [0.3, 0.4) is 0 Å². The summed E-state index contributed by atoms with van der Waals surface area (Å²) in [6, 6.07) is 4.13. The van der Waals surface area contributed by atoms with Crippen LogP contribution in [0.25, 0.3) is 0 Å². The monoisotopic (exact) mass is 283 g/mol. The maximum absolute atomic E-state index is 11.3. The van der Waals surface area contributed by atoms with E-state index in [1.54, 1.807) is 6.07 Å². The predicted octanol–water partition coefficient (Wildman–Crippen LogP) is 2.78. The van der Waals surface area contributed by atoms with Crippen molar-refractivity contribution in [1.82, 2.24) is 4.90 Å². The normalized spacial score (nSPS) is 22.9. The van der Waals surface area contributed by atoms with Crippen molar-refractivity contribution in [1.29, 1.82) is 0 Å². The molecule has 0 N–H and O–H groups in total. The molecule has 0 amide bonds. The molecule has 0 spiro atoms. The molecule has 0 aliphatic heterocycles. The van der Waals surface area contributed by atoms with Crippen molar-refractivity contribution in [3.63, 3.8) is 0 Å². The molecule has 1 saturated carbocycles. The molecule has 5 heteroatoms. The Labute approximate surface area is 118 Å². The first-order chi connectivity index (χ1) is 9.15. The first kappa shape index (κ1) is 14.5. The Kier molecular flexibility index (Phi) is 4.93. The summed E-state index contributed by atoms with van der Waals surface area (Å²) < 4.78 is 10.2. The number of furan rings is 1. The van der Waals surface area contributed by atoms with Gasteiger partial charge in [0.05, 0.1) is 13.7 Å². The topological polar surface area (TPSA) is 42.7 Å². The molecular weight excluding hydrogens is 262 g/mol. The molecule has 0 bridgehead atoms. The molecule has 0 saturated heterocycles. The summed E-state index contributed by atoms with van der Waals surface area (Å²) in [5.74, 6) is 0.671. The highest BCUT2D eigenvalue weighted by Gasteiger charge is 2.30. The van der Waals surface area contributed by atoms with Crippen LogP contribution in [0.5, 0.6) is 0 Å². The van der Waals surface area contributed by atoms with E-state index in [9.17, 15) is 4.79 Å². The van der Waals surface area contributed by atoms with E-state index in [2.05, 4.69) is 22.9 Å². The van der Waals surface area contributed by atoms with Gasteiger partial charge in [0.15, 0.2) is 0 Å². The predicted molar refractivity (Wildman–Crippen MR) is 76.5 cm³/mol. The first-order valence-corrected chi connectivity index (χ1v) is 7.84. The molecule has 1 fully saturated rings. The van der Waals surface area contributed by atoms with Crippen molar-refractivity contribution >= 4 is 17.7 Å². The highest BCUT2D eigenvalue weighted by molar-refractivity contribution is 7.99. The first-order valence-electron chi connectivity index (χ1n) is 6.55. The number of methoxy groups -OCH3 is 1. The van der Waals surface area contributed by atoms with Gasteiger partial charge >= 0.3 is 5.97 Å². The smallest absolute Gasteiger partial charge is 0.373 e. The third-order valence-electron chi connectivity index (χ3n) is 3.74. The van der Waals surface area contributed by atoms with Crippen molar-refractivity contribution in [3.05, 3.63) is 23.7 Å². The Bertz CT molecular complexity index is 432. The molecule has 2 rings (SSSR count). The molecule has 1 heterocycles. The minimum atomic E-state index is -0.420. The van der Waals surface area contributed by atoms with E-state index < -0.39 is 5.97 Å². The summed E-state index contributed by atoms with van der Waals surface area (Å²) in [6.07, 6.45) is 6.01. The zero-order valence-electron chi connectivity index (χ0n) is 11.7. The van der Waals surface area contributed by atoms with Crippen molar-refractivity contribution in [2.45, 2.75) is 37.1 Å². The number of carbonyl (C=O) groups is 1. The fraction of sp³-hybridized carbons (Fsp3) is 0.643.